The van der Waals surface area contributed by atoms with Gasteiger partial charge < -0.3 is 24.0 Å². The first-order valence-electron chi connectivity index (χ1n) is 12.6. The Morgan fingerprint density at radius 1 is 1.17 bits per heavy atom. The van der Waals surface area contributed by atoms with E-state index in [1.54, 1.807) is 12.0 Å². The molecule has 35 heavy (non-hydrogen) atoms. The summed E-state index contributed by atoms with van der Waals surface area (Å²) in [5, 5.41) is 2.44. The maximum absolute atomic E-state index is 13.6. The maximum Gasteiger partial charge on any atom is 0.410 e. The molecule has 1 saturated carbocycles. The lowest BCUT2D eigenvalue weighted by Gasteiger charge is -2.36. The Morgan fingerprint density at radius 2 is 1.94 bits per heavy atom. The van der Waals surface area contributed by atoms with E-state index in [0.29, 0.717) is 19.7 Å². The van der Waals surface area contributed by atoms with Crippen LogP contribution in [0.3, 0.4) is 0 Å². The van der Waals surface area contributed by atoms with Crippen LogP contribution in [0, 0.1) is 0 Å². The first kappa shape index (κ1) is 25.5. The van der Waals surface area contributed by atoms with Crippen molar-refractivity contribution in [3.05, 3.63) is 47.5 Å². The minimum Gasteiger partial charge on any atom is -0.444 e. The Morgan fingerprint density at radius 3 is 2.66 bits per heavy atom. The molecule has 1 heterocycles. The normalized spacial score (nSPS) is 18.5. The molecule has 0 N–H and O–H groups in total. The van der Waals surface area contributed by atoms with Crippen LogP contribution in [-0.4, -0.2) is 73.0 Å². The molecule has 2 amide bonds. The van der Waals surface area contributed by atoms with Crippen molar-refractivity contribution in [1.82, 2.24) is 9.80 Å². The molecule has 0 radical (unpaired) electrons. The van der Waals surface area contributed by atoms with Gasteiger partial charge in [-0.2, -0.15) is 0 Å². The number of benzene rings is 2. The first-order chi connectivity index (χ1) is 16.7. The standard InChI is InChI=1S/C28H38N2O5/c1-28(2,3)35-27(32)29-13-15-34-25(19-29)26(31)30(23-11-12-23)18-20-16-21-8-5-6-10-24(21)22(17-20)9-7-14-33-4/h5-6,8,10,16-17,23,25H,7,9,11-15,18-19H2,1-4H3. The minimum absolute atomic E-state index is 0.0464. The Hall–Kier alpha value is -2.64. The molecule has 2 aromatic rings. The van der Waals surface area contributed by atoms with E-state index in [-0.39, 0.29) is 18.5 Å². The molecular weight excluding hydrogens is 444 g/mol. The van der Waals surface area contributed by atoms with Crippen molar-refractivity contribution in [2.75, 3.05) is 33.4 Å². The summed E-state index contributed by atoms with van der Waals surface area (Å²) in [6.07, 6.45) is 2.82. The highest BCUT2D eigenvalue weighted by Gasteiger charge is 2.39. The third-order valence-corrected chi connectivity index (χ3v) is 6.42. The molecule has 2 aliphatic rings. The van der Waals surface area contributed by atoms with Gasteiger partial charge in [-0.15, -0.1) is 0 Å². The van der Waals surface area contributed by atoms with Crippen molar-refractivity contribution in [1.29, 1.82) is 0 Å². The summed E-state index contributed by atoms with van der Waals surface area (Å²) in [6, 6.07) is 13.1. The van der Waals surface area contributed by atoms with Crippen molar-refractivity contribution < 1.29 is 23.8 Å². The van der Waals surface area contributed by atoms with Gasteiger partial charge in [0.05, 0.1) is 13.2 Å². The molecule has 1 saturated heterocycles. The second-order valence-electron chi connectivity index (χ2n) is 10.6. The quantitative estimate of drug-likeness (QED) is 0.517. The predicted octanol–water partition coefficient (Wildman–Crippen LogP) is 4.55. The van der Waals surface area contributed by atoms with Gasteiger partial charge in [-0.05, 0) is 74.4 Å². The average Bonchev–Trinajstić information content (AvgIpc) is 3.66. The molecular formula is C28H38N2O5. The van der Waals surface area contributed by atoms with E-state index in [9.17, 15) is 9.59 Å². The van der Waals surface area contributed by atoms with Crippen LogP contribution in [0.1, 0.15) is 51.2 Å². The molecule has 4 rings (SSSR count). The lowest BCUT2D eigenvalue weighted by Crippen LogP contribution is -2.53. The molecule has 7 nitrogen and oxygen atoms in total. The van der Waals surface area contributed by atoms with Crippen molar-refractivity contribution >= 4 is 22.8 Å². The SMILES string of the molecule is COCCCc1cc(CN(C(=O)C2CN(C(=O)OC(C)(C)C)CCO2)C2CC2)cc2ccccc12. The van der Waals surface area contributed by atoms with Gasteiger partial charge in [-0.3, -0.25) is 4.79 Å². The molecule has 2 fully saturated rings. The number of methoxy groups -OCH3 is 1. The second kappa shape index (κ2) is 11.0. The highest BCUT2D eigenvalue weighted by Crippen LogP contribution is 2.31. The smallest absolute Gasteiger partial charge is 0.410 e. The van der Waals surface area contributed by atoms with Gasteiger partial charge in [0.15, 0.2) is 6.10 Å². The van der Waals surface area contributed by atoms with Crippen LogP contribution in [-0.2, 0) is 32.0 Å². The Kier molecular flexibility index (Phi) is 7.97. The van der Waals surface area contributed by atoms with E-state index in [0.717, 1.165) is 37.9 Å². The van der Waals surface area contributed by atoms with Crippen molar-refractivity contribution in [2.45, 2.75) is 70.7 Å². The third-order valence-electron chi connectivity index (χ3n) is 6.42. The van der Waals surface area contributed by atoms with E-state index in [4.69, 9.17) is 14.2 Å². The Balaban J connectivity index is 1.50. The minimum atomic E-state index is -0.668. The fraction of sp³-hybridized carbons (Fsp3) is 0.571. The van der Waals surface area contributed by atoms with Gasteiger partial charge in [-0.1, -0.05) is 30.3 Å². The van der Waals surface area contributed by atoms with Crippen LogP contribution in [0.2, 0.25) is 0 Å². The lowest BCUT2D eigenvalue weighted by molar-refractivity contribution is -0.150. The summed E-state index contributed by atoms with van der Waals surface area (Å²) in [5.41, 5.74) is 1.82. The van der Waals surface area contributed by atoms with Gasteiger partial charge in [0.1, 0.15) is 5.60 Å². The summed E-state index contributed by atoms with van der Waals surface area (Å²) >= 11 is 0. The van der Waals surface area contributed by atoms with Gasteiger partial charge in [0, 0.05) is 32.8 Å². The van der Waals surface area contributed by atoms with Crippen LogP contribution in [0.5, 0.6) is 0 Å². The highest BCUT2D eigenvalue weighted by molar-refractivity contribution is 5.87. The van der Waals surface area contributed by atoms with Gasteiger partial charge in [-0.25, -0.2) is 4.79 Å². The number of aryl methyl sites for hydroxylation is 1. The second-order valence-corrected chi connectivity index (χ2v) is 10.6. The summed E-state index contributed by atoms with van der Waals surface area (Å²) in [7, 11) is 1.73. The summed E-state index contributed by atoms with van der Waals surface area (Å²) in [5.74, 6) is -0.0464. The van der Waals surface area contributed by atoms with E-state index >= 15 is 0 Å². The zero-order chi connectivity index (χ0) is 25.0. The van der Waals surface area contributed by atoms with Crippen LogP contribution >= 0.6 is 0 Å². The Bertz CT molecular complexity index is 1040. The number of hydrogen-bond acceptors (Lipinski definition) is 5. The third kappa shape index (κ3) is 6.73. The number of carbonyl (C=O) groups is 2. The van der Waals surface area contributed by atoms with Gasteiger partial charge in [0.2, 0.25) is 0 Å². The van der Waals surface area contributed by atoms with E-state index in [2.05, 4.69) is 36.4 Å². The number of amides is 2. The fourth-order valence-corrected chi connectivity index (χ4v) is 4.61. The fourth-order valence-electron chi connectivity index (χ4n) is 4.61. The van der Waals surface area contributed by atoms with Crippen LogP contribution < -0.4 is 0 Å². The average molecular weight is 483 g/mol. The van der Waals surface area contributed by atoms with E-state index in [1.165, 1.54) is 16.3 Å². The van der Waals surface area contributed by atoms with Gasteiger partial charge in [0.25, 0.3) is 5.91 Å². The number of nitrogens with zero attached hydrogens (tertiary/aromatic N) is 2. The number of fused-ring (bicyclic) bond motifs is 1. The predicted molar refractivity (Wildman–Crippen MR) is 135 cm³/mol. The molecule has 1 aliphatic carbocycles. The zero-order valence-electron chi connectivity index (χ0n) is 21.4. The summed E-state index contributed by atoms with van der Waals surface area (Å²) in [4.78, 5) is 29.7. The molecule has 1 unspecified atom stereocenters. The number of hydrogen-bond donors (Lipinski definition) is 0. The van der Waals surface area contributed by atoms with E-state index < -0.39 is 17.8 Å². The molecule has 0 spiro atoms. The molecule has 1 atom stereocenters. The number of rotatable bonds is 8. The number of carbonyl (C=O) groups excluding carboxylic acids is 2. The number of ether oxygens (including phenoxy) is 3. The first-order valence-corrected chi connectivity index (χ1v) is 12.6. The van der Waals surface area contributed by atoms with Crippen molar-refractivity contribution in [2.24, 2.45) is 0 Å². The number of morpholine rings is 1. The van der Waals surface area contributed by atoms with Crippen molar-refractivity contribution in [3.63, 3.8) is 0 Å². The van der Waals surface area contributed by atoms with E-state index in [1.807, 2.05) is 25.7 Å². The highest BCUT2D eigenvalue weighted by atomic mass is 16.6. The topological polar surface area (TPSA) is 68.3 Å². The molecule has 0 bridgehead atoms. The van der Waals surface area contributed by atoms with Crippen LogP contribution in [0.15, 0.2) is 36.4 Å². The summed E-state index contributed by atoms with van der Waals surface area (Å²) in [6.45, 7) is 7.76. The van der Waals surface area contributed by atoms with Gasteiger partial charge >= 0.3 is 6.09 Å². The lowest BCUT2D eigenvalue weighted by atomic mass is 9.97. The van der Waals surface area contributed by atoms with Crippen LogP contribution in [0.4, 0.5) is 4.79 Å². The molecule has 7 heteroatoms. The van der Waals surface area contributed by atoms with Crippen molar-refractivity contribution in [3.8, 4) is 0 Å². The zero-order valence-corrected chi connectivity index (χ0v) is 21.4. The Labute approximate surface area is 208 Å². The van der Waals surface area contributed by atoms with Crippen LogP contribution in [0.25, 0.3) is 10.8 Å². The molecule has 190 valence electrons. The molecule has 2 aromatic carbocycles. The maximum atomic E-state index is 13.6. The summed E-state index contributed by atoms with van der Waals surface area (Å²) < 4.78 is 16.6. The molecule has 0 aromatic heterocycles. The molecule has 1 aliphatic heterocycles. The largest absolute Gasteiger partial charge is 0.444 e. The monoisotopic (exact) mass is 482 g/mol.